The minimum Gasteiger partial charge on any atom is -0.381 e. The number of carbonyl (C=O) groups is 1. The van der Waals surface area contributed by atoms with Crippen molar-refractivity contribution in [1.82, 2.24) is 5.32 Å². The zero-order valence-electron chi connectivity index (χ0n) is 10.2. The number of amides is 1. The van der Waals surface area contributed by atoms with E-state index in [1.807, 2.05) is 13.8 Å². The molecule has 1 amide bonds. The number of hydrogen-bond donors (Lipinski definition) is 1. The standard InChI is InChI=1S/C12H23NO2/c1-8(2)11(10-5-6-15-7-10)13-12(14)9(3)4/h8-11H,5-7H2,1-4H3,(H,13,14)/t10-,11+/m0/s1. The minimum atomic E-state index is 0.0635. The summed E-state index contributed by atoms with van der Waals surface area (Å²) in [6.45, 7) is 9.80. The van der Waals surface area contributed by atoms with E-state index in [4.69, 9.17) is 4.74 Å². The first-order valence-corrected chi connectivity index (χ1v) is 5.90. The zero-order valence-corrected chi connectivity index (χ0v) is 10.2. The monoisotopic (exact) mass is 213 g/mol. The van der Waals surface area contributed by atoms with Crippen molar-refractivity contribution in [2.75, 3.05) is 13.2 Å². The molecule has 0 aromatic rings. The lowest BCUT2D eigenvalue weighted by atomic mass is 9.89. The summed E-state index contributed by atoms with van der Waals surface area (Å²) in [7, 11) is 0. The molecule has 0 aromatic heterocycles. The van der Waals surface area contributed by atoms with Crippen LogP contribution >= 0.6 is 0 Å². The molecule has 0 saturated carbocycles. The fraction of sp³-hybridized carbons (Fsp3) is 0.917. The van der Waals surface area contributed by atoms with Crippen LogP contribution in [0.1, 0.15) is 34.1 Å². The van der Waals surface area contributed by atoms with E-state index in [-0.39, 0.29) is 17.9 Å². The summed E-state index contributed by atoms with van der Waals surface area (Å²) in [6, 6.07) is 0.266. The van der Waals surface area contributed by atoms with Crippen molar-refractivity contribution < 1.29 is 9.53 Å². The van der Waals surface area contributed by atoms with E-state index in [9.17, 15) is 4.79 Å². The van der Waals surface area contributed by atoms with Crippen molar-refractivity contribution in [3.8, 4) is 0 Å². The Bertz CT molecular complexity index is 208. The molecule has 3 heteroatoms. The van der Waals surface area contributed by atoms with Crippen molar-refractivity contribution in [1.29, 1.82) is 0 Å². The van der Waals surface area contributed by atoms with Crippen LogP contribution in [0.15, 0.2) is 0 Å². The summed E-state index contributed by atoms with van der Waals surface area (Å²) in [5.41, 5.74) is 0. The Kier molecular flexibility index (Phi) is 4.58. The molecule has 1 aliphatic heterocycles. The third-order valence-electron chi connectivity index (χ3n) is 3.02. The summed E-state index contributed by atoms with van der Waals surface area (Å²) in [5.74, 6) is 1.18. The lowest BCUT2D eigenvalue weighted by Crippen LogP contribution is -2.45. The highest BCUT2D eigenvalue weighted by atomic mass is 16.5. The van der Waals surface area contributed by atoms with Gasteiger partial charge in [0, 0.05) is 24.5 Å². The fourth-order valence-electron chi connectivity index (χ4n) is 2.00. The summed E-state index contributed by atoms with van der Waals surface area (Å²) in [6.07, 6.45) is 1.07. The number of nitrogens with one attached hydrogen (secondary N) is 1. The highest BCUT2D eigenvalue weighted by Crippen LogP contribution is 2.22. The van der Waals surface area contributed by atoms with Crippen LogP contribution in [-0.2, 0) is 9.53 Å². The summed E-state index contributed by atoms with van der Waals surface area (Å²) < 4.78 is 5.38. The maximum atomic E-state index is 11.7. The second-order valence-corrected chi connectivity index (χ2v) is 5.06. The van der Waals surface area contributed by atoms with Crippen molar-refractivity contribution in [2.24, 2.45) is 17.8 Å². The van der Waals surface area contributed by atoms with Gasteiger partial charge in [0.1, 0.15) is 0 Å². The Morgan fingerprint density at radius 2 is 2.00 bits per heavy atom. The predicted octanol–water partition coefficient (Wildman–Crippen LogP) is 1.82. The first-order valence-electron chi connectivity index (χ1n) is 5.90. The van der Waals surface area contributed by atoms with E-state index in [0.717, 1.165) is 19.6 Å². The molecule has 0 aromatic carbocycles. The van der Waals surface area contributed by atoms with Gasteiger partial charge < -0.3 is 10.1 Å². The molecule has 0 bridgehead atoms. The van der Waals surface area contributed by atoms with Crippen LogP contribution in [-0.4, -0.2) is 25.2 Å². The van der Waals surface area contributed by atoms with E-state index >= 15 is 0 Å². The van der Waals surface area contributed by atoms with Gasteiger partial charge in [0.05, 0.1) is 6.61 Å². The second kappa shape index (κ2) is 5.50. The number of hydrogen-bond acceptors (Lipinski definition) is 2. The quantitative estimate of drug-likeness (QED) is 0.773. The molecule has 0 aliphatic carbocycles. The van der Waals surface area contributed by atoms with Crippen molar-refractivity contribution in [2.45, 2.75) is 40.2 Å². The molecule has 1 heterocycles. The Labute approximate surface area is 92.6 Å². The Morgan fingerprint density at radius 3 is 2.40 bits per heavy atom. The van der Waals surface area contributed by atoms with Gasteiger partial charge in [-0.2, -0.15) is 0 Å². The summed E-state index contributed by atoms with van der Waals surface area (Å²) >= 11 is 0. The van der Waals surface area contributed by atoms with Gasteiger partial charge in [-0.05, 0) is 12.3 Å². The van der Waals surface area contributed by atoms with Gasteiger partial charge in [0.2, 0.25) is 5.91 Å². The van der Waals surface area contributed by atoms with Crippen LogP contribution in [0.4, 0.5) is 0 Å². The van der Waals surface area contributed by atoms with E-state index in [1.165, 1.54) is 0 Å². The molecule has 1 rings (SSSR count). The van der Waals surface area contributed by atoms with Crippen molar-refractivity contribution in [3.05, 3.63) is 0 Å². The second-order valence-electron chi connectivity index (χ2n) is 5.06. The van der Waals surface area contributed by atoms with Crippen LogP contribution in [0, 0.1) is 17.8 Å². The Hall–Kier alpha value is -0.570. The maximum Gasteiger partial charge on any atom is 0.222 e. The predicted molar refractivity (Wildman–Crippen MR) is 60.5 cm³/mol. The normalized spacial score (nSPS) is 23.5. The van der Waals surface area contributed by atoms with Crippen LogP contribution in [0.5, 0.6) is 0 Å². The number of rotatable bonds is 4. The molecular formula is C12H23NO2. The molecule has 1 aliphatic rings. The largest absolute Gasteiger partial charge is 0.381 e. The van der Waals surface area contributed by atoms with Crippen LogP contribution in [0.25, 0.3) is 0 Å². The minimum absolute atomic E-state index is 0.0635. The highest BCUT2D eigenvalue weighted by molar-refractivity contribution is 5.78. The molecule has 0 unspecified atom stereocenters. The molecular weight excluding hydrogens is 190 g/mol. The van der Waals surface area contributed by atoms with E-state index in [1.54, 1.807) is 0 Å². The van der Waals surface area contributed by atoms with Crippen LogP contribution in [0.3, 0.4) is 0 Å². The molecule has 1 fully saturated rings. The number of carbonyl (C=O) groups excluding carboxylic acids is 1. The van der Waals surface area contributed by atoms with Crippen molar-refractivity contribution >= 4 is 5.91 Å². The molecule has 15 heavy (non-hydrogen) atoms. The highest BCUT2D eigenvalue weighted by Gasteiger charge is 2.29. The first-order chi connectivity index (χ1) is 7.02. The molecule has 0 radical (unpaired) electrons. The summed E-state index contributed by atoms with van der Waals surface area (Å²) in [5, 5.41) is 3.14. The fourth-order valence-corrected chi connectivity index (χ4v) is 2.00. The van der Waals surface area contributed by atoms with Gasteiger partial charge in [-0.3, -0.25) is 4.79 Å². The molecule has 0 spiro atoms. The Morgan fingerprint density at radius 1 is 1.33 bits per heavy atom. The molecule has 1 N–H and O–H groups in total. The smallest absolute Gasteiger partial charge is 0.222 e. The third-order valence-corrected chi connectivity index (χ3v) is 3.02. The molecule has 2 atom stereocenters. The molecule has 1 saturated heterocycles. The van der Waals surface area contributed by atoms with Gasteiger partial charge >= 0.3 is 0 Å². The van der Waals surface area contributed by atoms with Crippen molar-refractivity contribution in [3.63, 3.8) is 0 Å². The third kappa shape index (κ3) is 3.49. The first kappa shape index (κ1) is 12.5. The van der Waals surface area contributed by atoms with Gasteiger partial charge in [0.15, 0.2) is 0 Å². The van der Waals surface area contributed by atoms with E-state index < -0.39 is 0 Å². The van der Waals surface area contributed by atoms with Gasteiger partial charge in [-0.25, -0.2) is 0 Å². The molecule has 88 valence electrons. The topological polar surface area (TPSA) is 38.3 Å². The van der Waals surface area contributed by atoms with Gasteiger partial charge in [0.25, 0.3) is 0 Å². The van der Waals surface area contributed by atoms with Crippen LogP contribution < -0.4 is 5.32 Å². The maximum absolute atomic E-state index is 11.7. The number of ether oxygens (including phenoxy) is 1. The summed E-state index contributed by atoms with van der Waals surface area (Å²) in [4.78, 5) is 11.7. The Balaban J connectivity index is 2.54. The average Bonchev–Trinajstić information content (AvgIpc) is 2.65. The average molecular weight is 213 g/mol. The van der Waals surface area contributed by atoms with Gasteiger partial charge in [-0.1, -0.05) is 27.7 Å². The lowest BCUT2D eigenvalue weighted by molar-refractivity contribution is -0.125. The molecule has 3 nitrogen and oxygen atoms in total. The van der Waals surface area contributed by atoms with Crippen LogP contribution in [0.2, 0.25) is 0 Å². The SMILES string of the molecule is CC(C)C(=O)N[C@H](C(C)C)[C@H]1CCOC1. The van der Waals surface area contributed by atoms with E-state index in [0.29, 0.717) is 11.8 Å². The van der Waals surface area contributed by atoms with E-state index in [2.05, 4.69) is 19.2 Å². The van der Waals surface area contributed by atoms with Gasteiger partial charge in [-0.15, -0.1) is 0 Å². The lowest BCUT2D eigenvalue weighted by Gasteiger charge is -2.28. The zero-order chi connectivity index (χ0) is 11.4.